The van der Waals surface area contributed by atoms with Gasteiger partial charge in [0.2, 0.25) is 5.91 Å². The van der Waals surface area contributed by atoms with E-state index in [0.717, 1.165) is 11.1 Å². The number of ether oxygens (including phenoxy) is 2. The lowest BCUT2D eigenvalue weighted by Gasteiger charge is -2.20. The molecule has 0 N–H and O–H groups in total. The van der Waals surface area contributed by atoms with Gasteiger partial charge in [0, 0.05) is 18.2 Å². The fourth-order valence-electron chi connectivity index (χ4n) is 3.87. The first-order valence-corrected chi connectivity index (χ1v) is 12.1. The fraction of sp³-hybridized carbons (Fsp3) is 0.179. The van der Waals surface area contributed by atoms with E-state index in [4.69, 9.17) is 9.47 Å². The Morgan fingerprint density at radius 3 is 2.11 bits per heavy atom. The molecular formula is C28H26N2O4S. The lowest BCUT2D eigenvalue weighted by atomic mass is 9.89. The number of para-hydroxylation sites is 2. The monoisotopic (exact) mass is 486 g/mol. The third-order valence-corrected chi connectivity index (χ3v) is 6.40. The van der Waals surface area contributed by atoms with Crippen LogP contribution in [0.15, 0.2) is 90.3 Å². The quantitative estimate of drug-likeness (QED) is 0.267. The van der Waals surface area contributed by atoms with Crippen molar-refractivity contribution >= 4 is 34.0 Å². The number of carbonyl (C=O) groups is 2. The van der Waals surface area contributed by atoms with Crippen molar-refractivity contribution in [2.24, 2.45) is 0 Å². The number of rotatable bonds is 9. The van der Waals surface area contributed by atoms with Gasteiger partial charge < -0.3 is 9.47 Å². The number of hydrogen-bond acceptors (Lipinski definition) is 6. The smallest absolute Gasteiger partial charge is 0.307 e. The van der Waals surface area contributed by atoms with Crippen molar-refractivity contribution in [3.63, 3.8) is 0 Å². The normalized spacial score (nSPS) is 10.7. The van der Waals surface area contributed by atoms with Gasteiger partial charge in [-0.2, -0.15) is 0 Å². The molecule has 0 bridgehead atoms. The number of anilines is 2. The van der Waals surface area contributed by atoms with Crippen molar-refractivity contribution in [3.05, 3.63) is 107 Å². The van der Waals surface area contributed by atoms with Gasteiger partial charge in [0.25, 0.3) is 0 Å². The Kier molecular flexibility index (Phi) is 7.90. The van der Waals surface area contributed by atoms with Gasteiger partial charge in [0.15, 0.2) is 5.13 Å². The van der Waals surface area contributed by atoms with Crippen LogP contribution in [0.4, 0.5) is 10.8 Å². The lowest BCUT2D eigenvalue weighted by Crippen LogP contribution is -2.23. The first kappa shape index (κ1) is 24.2. The maximum Gasteiger partial charge on any atom is 0.307 e. The van der Waals surface area contributed by atoms with Gasteiger partial charge in [0.1, 0.15) is 12.4 Å². The van der Waals surface area contributed by atoms with Gasteiger partial charge >= 0.3 is 5.97 Å². The third kappa shape index (κ3) is 5.94. The van der Waals surface area contributed by atoms with Crippen LogP contribution in [0.3, 0.4) is 0 Å². The van der Waals surface area contributed by atoms with Gasteiger partial charge in [-0.25, -0.2) is 4.98 Å². The molecule has 3 aromatic carbocycles. The van der Waals surface area contributed by atoms with Gasteiger partial charge in [-0.1, -0.05) is 72.8 Å². The van der Waals surface area contributed by atoms with E-state index >= 15 is 0 Å². The van der Waals surface area contributed by atoms with Crippen LogP contribution in [0.2, 0.25) is 0 Å². The Morgan fingerprint density at radius 1 is 0.914 bits per heavy atom. The third-order valence-electron chi connectivity index (χ3n) is 5.53. The minimum absolute atomic E-state index is 0.0311. The number of carbonyl (C=O) groups excluding carboxylic acids is 2. The van der Waals surface area contributed by atoms with Crippen molar-refractivity contribution in [2.75, 3.05) is 12.0 Å². The van der Waals surface area contributed by atoms with Crippen molar-refractivity contribution in [1.29, 1.82) is 0 Å². The molecule has 0 aliphatic carbocycles. The Morgan fingerprint density at radius 2 is 1.51 bits per heavy atom. The second-order valence-electron chi connectivity index (χ2n) is 7.89. The predicted octanol–water partition coefficient (Wildman–Crippen LogP) is 6.10. The van der Waals surface area contributed by atoms with Gasteiger partial charge in [-0.3, -0.25) is 14.5 Å². The molecule has 35 heavy (non-hydrogen) atoms. The molecule has 4 aromatic rings. The summed E-state index contributed by atoms with van der Waals surface area (Å²) < 4.78 is 11.0. The summed E-state index contributed by atoms with van der Waals surface area (Å²) in [6.45, 7) is 1.50. The maximum absolute atomic E-state index is 12.8. The molecule has 0 aliphatic rings. The molecule has 4 rings (SSSR count). The second kappa shape index (κ2) is 11.4. The van der Waals surface area contributed by atoms with Crippen LogP contribution in [0, 0.1) is 0 Å². The van der Waals surface area contributed by atoms with Crippen LogP contribution >= 0.6 is 11.3 Å². The largest absolute Gasteiger partial charge is 0.495 e. The van der Waals surface area contributed by atoms with Crippen LogP contribution < -0.4 is 9.64 Å². The molecule has 0 unspecified atom stereocenters. The fourth-order valence-corrected chi connectivity index (χ4v) is 4.73. The summed E-state index contributed by atoms with van der Waals surface area (Å²) in [5.74, 6) is -0.0419. The topological polar surface area (TPSA) is 68.7 Å². The highest BCUT2D eigenvalue weighted by molar-refractivity contribution is 7.14. The zero-order chi connectivity index (χ0) is 24.6. The summed E-state index contributed by atoms with van der Waals surface area (Å²) in [5, 5.41) is 2.28. The average Bonchev–Trinajstić information content (AvgIpc) is 3.35. The molecule has 0 saturated carbocycles. The molecule has 0 aliphatic heterocycles. The van der Waals surface area contributed by atoms with Crippen LogP contribution in [0.1, 0.15) is 36.1 Å². The minimum atomic E-state index is -0.314. The molecule has 1 amide bonds. The zero-order valence-electron chi connectivity index (χ0n) is 19.6. The van der Waals surface area contributed by atoms with Gasteiger partial charge in [-0.15, -0.1) is 11.3 Å². The van der Waals surface area contributed by atoms with Crippen LogP contribution in [-0.2, 0) is 20.9 Å². The predicted molar refractivity (Wildman–Crippen MR) is 137 cm³/mol. The second-order valence-corrected chi connectivity index (χ2v) is 8.72. The molecule has 1 heterocycles. The summed E-state index contributed by atoms with van der Waals surface area (Å²) in [7, 11) is 1.56. The van der Waals surface area contributed by atoms with E-state index < -0.39 is 0 Å². The van der Waals surface area contributed by atoms with Crippen LogP contribution in [-0.4, -0.2) is 24.0 Å². The van der Waals surface area contributed by atoms with Crippen molar-refractivity contribution in [2.45, 2.75) is 25.9 Å². The first-order chi connectivity index (χ1) is 17.1. The van der Waals surface area contributed by atoms with E-state index in [9.17, 15) is 9.59 Å². The van der Waals surface area contributed by atoms with Crippen molar-refractivity contribution in [1.82, 2.24) is 4.98 Å². The number of aromatic nitrogens is 1. The SMILES string of the molecule is COc1ccccc1N(C(C)=O)c1nc(COC(=O)CC(c2ccccc2)c2ccccc2)cs1. The van der Waals surface area contributed by atoms with Crippen molar-refractivity contribution in [3.8, 4) is 5.75 Å². The highest BCUT2D eigenvalue weighted by Gasteiger charge is 2.22. The van der Waals surface area contributed by atoms with E-state index in [2.05, 4.69) is 4.98 Å². The Hall–Kier alpha value is -3.97. The Balaban J connectivity index is 1.46. The molecule has 1 aromatic heterocycles. The lowest BCUT2D eigenvalue weighted by molar-refractivity contribution is -0.145. The Bertz CT molecular complexity index is 1230. The molecule has 0 spiro atoms. The van der Waals surface area contributed by atoms with E-state index in [-0.39, 0.29) is 30.8 Å². The standard InChI is InChI=1S/C28H26N2O4S/c1-20(31)30(25-15-9-10-16-26(25)33-2)28-29-23(19-35-28)18-34-27(32)17-24(21-11-5-3-6-12-21)22-13-7-4-8-14-22/h3-16,19,24H,17-18H2,1-2H3. The molecule has 7 heteroatoms. The molecular weight excluding hydrogens is 460 g/mol. The maximum atomic E-state index is 12.8. The highest BCUT2D eigenvalue weighted by atomic mass is 32.1. The summed E-state index contributed by atoms with van der Waals surface area (Å²) in [6, 6.07) is 27.1. The molecule has 178 valence electrons. The summed E-state index contributed by atoms with van der Waals surface area (Å²) in [6.07, 6.45) is 0.214. The minimum Gasteiger partial charge on any atom is -0.495 e. The summed E-state index contributed by atoms with van der Waals surface area (Å²) >= 11 is 1.31. The van der Waals surface area contributed by atoms with Crippen LogP contribution in [0.25, 0.3) is 0 Å². The summed E-state index contributed by atoms with van der Waals surface area (Å²) in [4.78, 5) is 31.3. The van der Waals surface area contributed by atoms with E-state index in [1.54, 1.807) is 24.6 Å². The van der Waals surface area contributed by atoms with Crippen molar-refractivity contribution < 1.29 is 19.1 Å². The number of amides is 1. The summed E-state index contributed by atoms with van der Waals surface area (Å²) in [5.41, 5.74) is 3.30. The number of thiazole rings is 1. The van der Waals surface area contributed by atoms with E-state index in [1.165, 1.54) is 23.2 Å². The number of methoxy groups -OCH3 is 1. The number of benzene rings is 3. The average molecular weight is 487 g/mol. The number of esters is 1. The van der Waals surface area contributed by atoms with Gasteiger partial charge in [0.05, 0.1) is 24.9 Å². The molecule has 0 saturated heterocycles. The van der Waals surface area contributed by atoms with E-state index in [0.29, 0.717) is 22.3 Å². The number of hydrogen-bond donors (Lipinski definition) is 0. The molecule has 0 fully saturated rings. The zero-order valence-corrected chi connectivity index (χ0v) is 20.4. The Labute approximate surface area is 208 Å². The van der Waals surface area contributed by atoms with Gasteiger partial charge in [-0.05, 0) is 23.3 Å². The number of nitrogens with zero attached hydrogens (tertiary/aromatic N) is 2. The first-order valence-electron chi connectivity index (χ1n) is 11.2. The van der Waals surface area contributed by atoms with E-state index in [1.807, 2.05) is 72.8 Å². The van der Waals surface area contributed by atoms with Crippen LogP contribution in [0.5, 0.6) is 5.75 Å². The molecule has 0 radical (unpaired) electrons. The molecule has 0 atom stereocenters. The highest BCUT2D eigenvalue weighted by Crippen LogP contribution is 2.35. The molecule has 6 nitrogen and oxygen atoms in total.